The molecule has 0 bridgehead atoms. The Morgan fingerprint density at radius 2 is 2.20 bits per heavy atom. The van der Waals surface area contributed by atoms with Crippen molar-refractivity contribution in [1.82, 2.24) is 4.98 Å². The van der Waals surface area contributed by atoms with Gasteiger partial charge >= 0.3 is 0 Å². The maximum Gasteiger partial charge on any atom is 0.125 e. The molecule has 4 heteroatoms. The molecule has 1 rings (SSSR count). The number of anilines is 1. The van der Waals surface area contributed by atoms with Crippen LogP contribution in [0, 0.1) is 0 Å². The number of halogens is 1. The van der Waals surface area contributed by atoms with Crippen LogP contribution < -0.4 is 5.32 Å². The zero-order valence-electron chi connectivity index (χ0n) is 9.00. The molecular formula is C11H17BrN2O. The fourth-order valence-corrected chi connectivity index (χ4v) is 1.48. The minimum absolute atomic E-state index is 0.858. The Morgan fingerprint density at radius 3 is 2.87 bits per heavy atom. The summed E-state index contributed by atoms with van der Waals surface area (Å²) in [5.74, 6) is 0.935. The fraction of sp³-hybridized carbons (Fsp3) is 0.545. The number of pyridine rings is 1. The molecule has 3 nitrogen and oxygen atoms in total. The second-order valence-corrected chi connectivity index (χ2v) is 4.26. The molecule has 0 spiro atoms. The van der Waals surface area contributed by atoms with Crippen LogP contribution in [0.15, 0.2) is 22.8 Å². The van der Waals surface area contributed by atoms with E-state index in [1.807, 2.05) is 12.1 Å². The predicted molar refractivity (Wildman–Crippen MR) is 66.2 cm³/mol. The number of hydrogen-bond donors (Lipinski definition) is 1. The molecule has 0 radical (unpaired) electrons. The topological polar surface area (TPSA) is 34.1 Å². The first-order valence-corrected chi connectivity index (χ1v) is 5.96. The van der Waals surface area contributed by atoms with Crippen LogP contribution in [-0.4, -0.2) is 25.2 Å². The van der Waals surface area contributed by atoms with Gasteiger partial charge in [0.15, 0.2) is 0 Å². The molecule has 0 fully saturated rings. The smallest absolute Gasteiger partial charge is 0.125 e. The first kappa shape index (κ1) is 12.5. The summed E-state index contributed by atoms with van der Waals surface area (Å²) >= 11 is 3.35. The Balaban J connectivity index is 2.07. The minimum atomic E-state index is 0.858. The van der Waals surface area contributed by atoms with E-state index in [2.05, 4.69) is 26.2 Å². The van der Waals surface area contributed by atoms with E-state index in [1.54, 1.807) is 13.3 Å². The summed E-state index contributed by atoms with van der Waals surface area (Å²) in [6.45, 7) is 1.83. The number of nitrogens with zero attached hydrogens (tertiary/aromatic N) is 1. The highest BCUT2D eigenvalue weighted by atomic mass is 79.9. The van der Waals surface area contributed by atoms with Crippen LogP contribution in [0.25, 0.3) is 0 Å². The highest BCUT2D eigenvalue weighted by Crippen LogP contribution is 2.10. The molecule has 0 atom stereocenters. The molecule has 15 heavy (non-hydrogen) atoms. The zero-order chi connectivity index (χ0) is 10.9. The first-order chi connectivity index (χ1) is 7.33. The third kappa shape index (κ3) is 5.74. The van der Waals surface area contributed by atoms with Crippen LogP contribution in [0.1, 0.15) is 19.3 Å². The van der Waals surface area contributed by atoms with Crippen LogP contribution in [0.5, 0.6) is 0 Å². The van der Waals surface area contributed by atoms with Gasteiger partial charge in [0.25, 0.3) is 0 Å². The molecule has 84 valence electrons. The lowest BCUT2D eigenvalue weighted by Gasteiger charge is -2.04. The van der Waals surface area contributed by atoms with Crippen molar-refractivity contribution in [1.29, 1.82) is 0 Å². The van der Waals surface area contributed by atoms with E-state index >= 15 is 0 Å². The lowest BCUT2D eigenvalue weighted by Crippen LogP contribution is -2.03. The molecule has 1 aromatic rings. The van der Waals surface area contributed by atoms with Gasteiger partial charge in [0.05, 0.1) is 0 Å². The Labute approximate surface area is 99.4 Å². The van der Waals surface area contributed by atoms with Crippen LogP contribution in [0.4, 0.5) is 5.82 Å². The molecule has 1 N–H and O–H groups in total. The number of aromatic nitrogens is 1. The monoisotopic (exact) mass is 272 g/mol. The maximum absolute atomic E-state index is 4.98. The van der Waals surface area contributed by atoms with Gasteiger partial charge in [-0.15, -0.1) is 0 Å². The highest BCUT2D eigenvalue weighted by molar-refractivity contribution is 9.10. The molecule has 1 aromatic heterocycles. The van der Waals surface area contributed by atoms with Crippen molar-refractivity contribution in [2.75, 3.05) is 25.6 Å². The van der Waals surface area contributed by atoms with Gasteiger partial charge in [0.1, 0.15) is 5.82 Å². The summed E-state index contributed by atoms with van der Waals surface area (Å²) in [5, 5.41) is 3.28. The third-order valence-corrected chi connectivity index (χ3v) is 2.53. The molecule has 0 amide bonds. The van der Waals surface area contributed by atoms with Crippen molar-refractivity contribution in [3.8, 4) is 0 Å². The second kappa shape index (κ2) is 7.65. The molecule has 0 aliphatic rings. The van der Waals surface area contributed by atoms with Crippen molar-refractivity contribution >= 4 is 21.7 Å². The van der Waals surface area contributed by atoms with Gasteiger partial charge in [-0.05, 0) is 47.3 Å². The number of rotatable bonds is 7. The van der Waals surface area contributed by atoms with Gasteiger partial charge < -0.3 is 10.1 Å². The normalized spacial score (nSPS) is 10.3. The summed E-state index contributed by atoms with van der Waals surface area (Å²) in [5.41, 5.74) is 0. The van der Waals surface area contributed by atoms with Gasteiger partial charge in [0.2, 0.25) is 0 Å². The van der Waals surface area contributed by atoms with Gasteiger partial charge in [-0.1, -0.05) is 0 Å². The summed E-state index contributed by atoms with van der Waals surface area (Å²) in [7, 11) is 1.74. The Hall–Kier alpha value is -0.610. The number of hydrogen-bond acceptors (Lipinski definition) is 3. The van der Waals surface area contributed by atoms with E-state index in [0.29, 0.717) is 0 Å². The van der Waals surface area contributed by atoms with Crippen LogP contribution >= 0.6 is 15.9 Å². The predicted octanol–water partition coefficient (Wildman–Crippen LogP) is 3.07. The lowest BCUT2D eigenvalue weighted by atomic mass is 10.2. The van der Waals surface area contributed by atoms with Crippen LogP contribution in [0.2, 0.25) is 0 Å². The SMILES string of the molecule is COCCCCCNc1ccc(Br)cn1. The Morgan fingerprint density at radius 1 is 1.33 bits per heavy atom. The van der Waals surface area contributed by atoms with Crippen molar-refractivity contribution < 1.29 is 4.74 Å². The largest absolute Gasteiger partial charge is 0.385 e. The number of methoxy groups -OCH3 is 1. The fourth-order valence-electron chi connectivity index (χ4n) is 1.25. The summed E-state index contributed by atoms with van der Waals surface area (Å²) < 4.78 is 5.99. The summed E-state index contributed by atoms with van der Waals surface area (Å²) in [4.78, 5) is 4.23. The molecule has 0 aromatic carbocycles. The maximum atomic E-state index is 4.98. The molecule has 1 heterocycles. The van der Waals surface area contributed by atoms with Crippen molar-refractivity contribution in [2.45, 2.75) is 19.3 Å². The molecular weight excluding hydrogens is 256 g/mol. The van der Waals surface area contributed by atoms with E-state index < -0.39 is 0 Å². The minimum Gasteiger partial charge on any atom is -0.385 e. The number of ether oxygens (including phenoxy) is 1. The summed E-state index contributed by atoms with van der Waals surface area (Å²) in [6.07, 6.45) is 5.28. The summed E-state index contributed by atoms with van der Waals surface area (Å²) in [6, 6.07) is 3.96. The molecule has 0 aliphatic heterocycles. The standard InChI is InChI=1S/C11H17BrN2O/c1-15-8-4-2-3-7-13-11-6-5-10(12)9-14-11/h5-6,9H,2-4,7-8H2,1H3,(H,13,14). The van der Waals surface area contributed by atoms with Crippen molar-refractivity contribution in [3.63, 3.8) is 0 Å². The first-order valence-electron chi connectivity index (χ1n) is 5.17. The number of nitrogens with one attached hydrogen (secondary N) is 1. The Bertz CT molecular complexity index is 264. The van der Waals surface area contributed by atoms with E-state index in [-0.39, 0.29) is 0 Å². The molecule has 0 unspecified atom stereocenters. The van der Waals surface area contributed by atoms with E-state index in [1.165, 1.54) is 6.42 Å². The average molecular weight is 273 g/mol. The number of unbranched alkanes of at least 4 members (excludes halogenated alkanes) is 2. The molecule has 0 saturated heterocycles. The van der Waals surface area contributed by atoms with Gasteiger partial charge in [-0.2, -0.15) is 0 Å². The van der Waals surface area contributed by atoms with Gasteiger partial charge in [-0.25, -0.2) is 4.98 Å². The van der Waals surface area contributed by atoms with E-state index in [4.69, 9.17) is 4.74 Å². The van der Waals surface area contributed by atoms with Crippen molar-refractivity contribution in [2.24, 2.45) is 0 Å². The van der Waals surface area contributed by atoms with Crippen LogP contribution in [0.3, 0.4) is 0 Å². The van der Waals surface area contributed by atoms with E-state index in [9.17, 15) is 0 Å². The second-order valence-electron chi connectivity index (χ2n) is 3.34. The van der Waals surface area contributed by atoms with Gasteiger partial charge in [-0.3, -0.25) is 0 Å². The average Bonchev–Trinajstić information content (AvgIpc) is 2.26. The van der Waals surface area contributed by atoms with Crippen LogP contribution in [-0.2, 0) is 4.74 Å². The lowest BCUT2D eigenvalue weighted by molar-refractivity contribution is 0.192. The molecule has 0 aliphatic carbocycles. The zero-order valence-corrected chi connectivity index (χ0v) is 10.6. The van der Waals surface area contributed by atoms with Gasteiger partial charge in [0, 0.05) is 30.9 Å². The van der Waals surface area contributed by atoms with Crippen molar-refractivity contribution in [3.05, 3.63) is 22.8 Å². The van der Waals surface area contributed by atoms with E-state index in [0.717, 1.165) is 36.3 Å². The molecule has 0 saturated carbocycles. The Kier molecular flexibility index (Phi) is 6.36. The highest BCUT2D eigenvalue weighted by Gasteiger charge is 1.93. The quantitative estimate of drug-likeness (QED) is 0.775. The third-order valence-electron chi connectivity index (χ3n) is 2.06.